The summed E-state index contributed by atoms with van der Waals surface area (Å²) in [5.74, 6) is -1.11. The van der Waals surface area contributed by atoms with Gasteiger partial charge in [0.05, 0.1) is 17.6 Å². The number of nitro benzene ring substituents is 1. The number of para-hydroxylation sites is 1. The van der Waals surface area contributed by atoms with Crippen LogP contribution >= 0.6 is 0 Å². The Morgan fingerprint density at radius 1 is 1.00 bits per heavy atom. The van der Waals surface area contributed by atoms with E-state index in [4.69, 9.17) is 4.74 Å². The summed E-state index contributed by atoms with van der Waals surface area (Å²) in [6, 6.07) is 12.8. The van der Waals surface area contributed by atoms with Crippen LogP contribution in [0.2, 0.25) is 0 Å². The second-order valence-electron chi connectivity index (χ2n) is 7.10. The topological polar surface area (TPSA) is 93.0 Å². The maximum absolute atomic E-state index is 13.3. The van der Waals surface area contributed by atoms with Crippen LogP contribution in [0.3, 0.4) is 0 Å². The average Bonchev–Trinajstić information content (AvgIpc) is 2.66. The molecule has 0 bridgehead atoms. The molecule has 0 aliphatic heterocycles. The molecule has 0 N–H and O–H groups in total. The van der Waals surface area contributed by atoms with Crippen molar-refractivity contribution >= 4 is 17.5 Å². The number of nitro groups is 1. The second-order valence-corrected chi connectivity index (χ2v) is 7.10. The van der Waals surface area contributed by atoms with E-state index in [9.17, 15) is 19.7 Å². The molecule has 0 radical (unpaired) electrons. The third-order valence-corrected chi connectivity index (χ3v) is 4.07. The van der Waals surface area contributed by atoms with E-state index in [1.54, 1.807) is 51.1 Å². The molecule has 0 saturated carbocycles. The summed E-state index contributed by atoms with van der Waals surface area (Å²) in [5, 5.41) is 14.0. The number of ether oxygens (including phenoxy) is 1. The average molecular weight is 385 g/mol. The summed E-state index contributed by atoms with van der Waals surface area (Å²) in [7, 11) is 2.76. The van der Waals surface area contributed by atoms with Crippen LogP contribution in [0.1, 0.15) is 41.5 Å². The fourth-order valence-electron chi connectivity index (χ4n) is 2.91. The van der Waals surface area contributed by atoms with Gasteiger partial charge in [-0.1, -0.05) is 24.3 Å². The first-order valence-electron chi connectivity index (χ1n) is 8.58. The number of hydrogen-bond donors (Lipinski definition) is 0. The van der Waals surface area contributed by atoms with E-state index >= 15 is 0 Å². The Balaban J connectivity index is 2.55. The number of nitrogens with zero attached hydrogens (tertiary/aromatic N) is 3. The molecule has 0 aliphatic rings. The van der Waals surface area contributed by atoms with Crippen molar-refractivity contribution < 1.29 is 19.2 Å². The van der Waals surface area contributed by atoms with Crippen LogP contribution in [0, 0.1) is 10.1 Å². The Morgan fingerprint density at radius 2 is 1.61 bits per heavy atom. The predicted octanol–water partition coefficient (Wildman–Crippen LogP) is 3.53. The Morgan fingerprint density at radius 3 is 2.11 bits per heavy atom. The van der Waals surface area contributed by atoms with E-state index in [2.05, 4.69) is 0 Å². The van der Waals surface area contributed by atoms with Gasteiger partial charge in [-0.25, -0.2) is 10.0 Å². The van der Waals surface area contributed by atoms with E-state index < -0.39 is 28.0 Å². The highest BCUT2D eigenvalue weighted by molar-refractivity contribution is 6.02. The van der Waals surface area contributed by atoms with Crippen molar-refractivity contribution in [1.29, 1.82) is 0 Å². The third-order valence-electron chi connectivity index (χ3n) is 4.07. The molecule has 0 spiro atoms. The van der Waals surface area contributed by atoms with Crippen molar-refractivity contribution in [2.75, 3.05) is 14.2 Å². The first-order valence-corrected chi connectivity index (χ1v) is 8.58. The monoisotopic (exact) mass is 385 g/mol. The van der Waals surface area contributed by atoms with Gasteiger partial charge in [0, 0.05) is 12.6 Å². The van der Waals surface area contributed by atoms with E-state index in [0.29, 0.717) is 5.56 Å². The van der Waals surface area contributed by atoms with Crippen LogP contribution in [0.25, 0.3) is 0 Å². The zero-order valence-corrected chi connectivity index (χ0v) is 16.5. The molecular weight excluding hydrogens is 362 g/mol. The molecular formula is C20H23N3O5. The van der Waals surface area contributed by atoms with Gasteiger partial charge in [-0.2, -0.15) is 0 Å². The molecule has 0 aliphatic carbocycles. The number of methoxy groups -OCH3 is 1. The lowest BCUT2D eigenvalue weighted by atomic mass is 10.0. The molecule has 0 saturated heterocycles. The highest BCUT2D eigenvalue weighted by Gasteiger charge is 2.37. The molecule has 0 atom stereocenters. The number of benzene rings is 2. The summed E-state index contributed by atoms with van der Waals surface area (Å²) in [6.45, 7) is 5.23. The van der Waals surface area contributed by atoms with Gasteiger partial charge in [0.2, 0.25) is 0 Å². The van der Waals surface area contributed by atoms with Crippen LogP contribution < -0.4 is 4.74 Å². The molecule has 0 aromatic heterocycles. The molecule has 8 heteroatoms. The van der Waals surface area contributed by atoms with Gasteiger partial charge in [0.15, 0.2) is 5.75 Å². The van der Waals surface area contributed by atoms with Gasteiger partial charge in [-0.3, -0.25) is 19.7 Å². The lowest BCUT2D eigenvalue weighted by Crippen LogP contribution is -2.56. The summed E-state index contributed by atoms with van der Waals surface area (Å²) in [6.07, 6.45) is 0. The van der Waals surface area contributed by atoms with Gasteiger partial charge in [-0.15, -0.1) is 0 Å². The molecule has 0 fully saturated rings. The highest BCUT2D eigenvalue weighted by Crippen LogP contribution is 2.33. The zero-order valence-electron chi connectivity index (χ0n) is 16.5. The third kappa shape index (κ3) is 4.11. The number of hydrogen-bond acceptors (Lipinski definition) is 5. The largest absolute Gasteiger partial charge is 0.490 e. The number of carbonyl (C=O) groups excluding carboxylic acids is 2. The summed E-state index contributed by atoms with van der Waals surface area (Å²) >= 11 is 0. The van der Waals surface area contributed by atoms with E-state index in [1.165, 1.54) is 42.4 Å². The van der Waals surface area contributed by atoms with E-state index in [0.717, 1.165) is 0 Å². The van der Waals surface area contributed by atoms with Crippen molar-refractivity contribution in [3.05, 3.63) is 69.8 Å². The quantitative estimate of drug-likeness (QED) is 0.593. The predicted molar refractivity (Wildman–Crippen MR) is 104 cm³/mol. The van der Waals surface area contributed by atoms with Gasteiger partial charge in [0.1, 0.15) is 5.56 Å². The molecule has 0 unspecified atom stereocenters. The van der Waals surface area contributed by atoms with Crippen molar-refractivity contribution in [3.63, 3.8) is 0 Å². The molecule has 2 rings (SSSR count). The number of rotatable bonds is 4. The van der Waals surface area contributed by atoms with E-state index in [1.807, 2.05) is 0 Å². The van der Waals surface area contributed by atoms with Crippen molar-refractivity contribution in [2.45, 2.75) is 26.3 Å². The molecule has 2 amide bonds. The fraction of sp³-hybridized carbons (Fsp3) is 0.300. The van der Waals surface area contributed by atoms with Crippen LogP contribution in [-0.4, -0.2) is 46.5 Å². The standard InChI is InChI=1S/C20H23N3O5/c1-20(2,3)22(21(4)18(24)14-10-7-6-8-11-14)19(25)15-12-9-13-16(28-5)17(15)23(26)27/h6-13H,1-5H3. The number of amides is 2. The first-order chi connectivity index (χ1) is 13.1. The van der Waals surface area contributed by atoms with Crippen LogP contribution in [0.4, 0.5) is 5.69 Å². The van der Waals surface area contributed by atoms with Crippen LogP contribution in [0.5, 0.6) is 5.75 Å². The Hall–Kier alpha value is -3.42. The molecule has 8 nitrogen and oxygen atoms in total. The minimum atomic E-state index is -0.826. The van der Waals surface area contributed by atoms with Gasteiger partial charge < -0.3 is 4.74 Å². The highest BCUT2D eigenvalue weighted by atomic mass is 16.6. The maximum atomic E-state index is 13.3. The lowest BCUT2D eigenvalue weighted by Gasteiger charge is -2.41. The smallest absolute Gasteiger partial charge is 0.323 e. The minimum Gasteiger partial charge on any atom is -0.490 e. The van der Waals surface area contributed by atoms with Gasteiger partial charge >= 0.3 is 5.69 Å². The van der Waals surface area contributed by atoms with Gasteiger partial charge in [-0.05, 0) is 45.0 Å². The van der Waals surface area contributed by atoms with Crippen molar-refractivity contribution in [3.8, 4) is 5.75 Å². The number of hydrazine groups is 1. The lowest BCUT2D eigenvalue weighted by molar-refractivity contribution is -0.386. The Kier molecular flexibility index (Phi) is 6.03. The van der Waals surface area contributed by atoms with Gasteiger partial charge in [0.25, 0.3) is 11.8 Å². The molecule has 28 heavy (non-hydrogen) atoms. The Bertz CT molecular complexity index is 890. The molecule has 2 aromatic rings. The van der Waals surface area contributed by atoms with Crippen molar-refractivity contribution in [1.82, 2.24) is 10.0 Å². The first kappa shape index (κ1) is 20.9. The Labute approximate surface area is 163 Å². The fourth-order valence-corrected chi connectivity index (χ4v) is 2.91. The number of carbonyl (C=O) groups is 2. The van der Waals surface area contributed by atoms with Crippen molar-refractivity contribution in [2.24, 2.45) is 0 Å². The summed E-state index contributed by atoms with van der Waals surface area (Å²) in [4.78, 5) is 37.1. The van der Waals surface area contributed by atoms with Crippen LogP contribution in [-0.2, 0) is 0 Å². The maximum Gasteiger partial charge on any atom is 0.323 e. The molecule has 2 aromatic carbocycles. The minimum absolute atomic E-state index is 0.0262. The molecule has 148 valence electrons. The summed E-state index contributed by atoms with van der Waals surface area (Å²) in [5.41, 5.74) is -1.03. The van der Waals surface area contributed by atoms with Crippen LogP contribution in [0.15, 0.2) is 48.5 Å². The molecule has 0 heterocycles. The summed E-state index contributed by atoms with van der Waals surface area (Å²) < 4.78 is 5.05. The normalized spacial score (nSPS) is 10.9. The zero-order chi connectivity index (χ0) is 21.1. The SMILES string of the molecule is COc1cccc(C(=O)N(N(C)C(=O)c2ccccc2)C(C)(C)C)c1[N+](=O)[O-]. The van der Waals surface area contributed by atoms with E-state index in [-0.39, 0.29) is 11.3 Å². The second kappa shape index (κ2) is 8.08.